The number of Topliss-reactive ketones (excluding diaryl/α,β-unsaturated/α-hetero) is 3. The Bertz CT molecular complexity index is 3810. The highest BCUT2D eigenvalue weighted by atomic mass is 16.6. The molecule has 28 nitrogen and oxygen atoms in total. The second-order valence-electron chi connectivity index (χ2n) is 21.2. The molecule has 7 N–H and O–H groups in total. The third-order valence-corrected chi connectivity index (χ3v) is 13.6. The number of esters is 6. The molecule has 3 aromatic carbocycles. The first-order chi connectivity index (χ1) is 44.3. The molecule has 0 unspecified atom stereocenters. The highest BCUT2D eigenvalue weighted by Crippen LogP contribution is 2.33. The predicted molar refractivity (Wildman–Crippen MR) is 314 cm³/mol. The van der Waals surface area contributed by atoms with Gasteiger partial charge in [0.05, 0.1) is 49.7 Å². The molecule has 0 radical (unpaired) electrons. The molecule has 28 heteroatoms. The highest BCUT2D eigenvalue weighted by Gasteiger charge is 2.38. The molecule has 3 heterocycles. The lowest BCUT2D eigenvalue weighted by molar-refractivity contribution is -0.152. The maximum absolute atomic E-state index is 12.6. The van der Waals surface area contributed by atoms with Crippen LogP contribution in [0.15, 0.2) is 104 Å². The molecule has 3 aliphatic rings. The molecule has 0 spiro atoms. The van der Waals surface area contributed by atoms with E-state index in [0.717, 1.165) is 6.07 Å². The van der Waals surface area contributed by atoms with Crippen LogP contribution >= 0.6 is 0 Å². The van der Waals surface area contributed by atoms with E-state index in [4.69, 9.17) is 64.0 Å². The topological polar surface area (TPSA) is 449 Å². The lowest BCUT2D eigenvalue weighted by Crippen LogP contribution is -2.35. The molecule has 0 aliphatic heterocycles. The van der Waals surface area contributed by atoms with Crippen LogP contribution in [0.2, 0.25) is 0 Å². The third-order valence-electron chi connectivity index (χ3n) is 13.6. The fourth-order valence-corrected chi connectivity index (χ4v) is 9.00. The molecule has 3 aliphatic carbocycles. The van der Waals surface area contributed by atoms with Gasteiger partial charge in [-0.3, -0.25) is 71.9 Å². The van der Waals surface area contributed by atoms with Crippen molar-refractivity contribution in [2.45, 2.75) is 77.4 Å². The number of fused-ring (bicyclic) bond motifs is 6. The van der Waals surface area contributed by atoms with Gasteiger partial charge in [-0.15, -0.1) is 0 Å². The zero-order valence-electron chi connectivity index (χ0n) is 50.1. The van der Waals surface area contributed by atoms with E-state index in [0.29, 0.717) is 6.42 Å². The Balaban J connectivity index is 0.000000198. The van der Waals surface area contributed by atoms with Crippen LogP contribution in [0.1, 0.15) is 187 Å². The number of furan rings is 3. The van der Waals surface area contributed by atoms with Gasteiger partial charge in [0.25, 0.3) is 0 Å². The van der Waals surface area contributed by atoms with Gasteiger partial charge in [0.15, 0.2) is 51.9 Å². The normalized spacial score (nSPS) is 13.3. The van der Waals surface area contributed by atoms with Gasteiger partial charge in [-0.05, 0) is 37.5 Å². The molecule has 3 atom stereocenters. The number of carbonyl (C=O) groups excluding carboxylic acids is 15. The number of benzene rings is 3. The number of nitrogens with two attached hydrogens (primary N) is 3. The summed E-state index contributed by atoms with van der Waals surface area (Å²) in [5.41, 5.74) is 17.5. The molecule has 93 heavy (non-hydrogen) atoms. The number of hydrogen-bond donors (Lipinski definition) is 4. The van der Waals surface area contributed by atoms with E-state index in [1.165, 1.54) is 55.5 Å². The minimum Gasteiger partial charge on any atom is -0.465 e. The number of carbonyl (C=O) groups is 15. The Labute approximate surface area is 527 Å². The van der Waals surface area contributed by atoms with Gasteiger partial charge in [-0.1, -0.05) is 86.6 Å². The van der Waals surface area contributed by atoms with Crippen LogP contribution < -0.4 is 17.2 Å². The van der Waals surface area contributed by atoms with E-state index < -0.39 is 132 Å². The van der Waals surface area contributed by atoms with Crippen LogP contribution in [-0.4, -0.2) is 157 Å². The number of aliphatic hydroxyl groups excluding tert-OH is 1. The lowest BCUT2D eigenvalue weighted by atomic mass is 9.88. The first kappa shape index (κ1) is 69.7. The summed E-state index contributed by atoms with van der Waals surface area (Å²) in [5, 5.41) is 8.71. The van der Waals surface area contributed by atoms with Gasteiger partial charge in [-0.2, -0.15) is 0 Å². The van der Waals surface area contributed by atoms with E-state index >= 15 is 0 Å². The van der Waals surface area contributed by atoms with Gasteiger partial charge < -0.3 is 64.0 Å². The van der Waals surface area contributed by atoms with E-state index in [9.17, 15) is 71.9 Å². The largest absolute Gasteiger partial charge is 0.465 e. The molecule has 0 fully saturated rings. The minimum atomic E-state index is -1.13. The molecule has 486 valence electrons. The van der Waals surface area contributed by atoms with Crippen molar-refractivity contribution in [1.29, 1.82) is 0 Å². The van der Waals surface area contributed by atoms with Crippen LogP contribution in [0.4, 0.5) is 0 Å². The number of rotatable bonds is 26. The van der Waals surface area contributed by atoms with Crippen molar-refractivity contribution in [1.82, 2.24) is 0 Å². The average molecular weight is 1280 g/mol. The summed E-state index contributed by atoms with van der Waals surface area (Å²) in [7, 11) is 0. The molecule has 6 aromatic rings. The van der Waals surface area contributed by atoms with Gasteiger partial charge >= 0.3 is 35.8 Å². The molecule has 0 saturated carbocycles. The number of ketones is 9. The van der Waals surface area contributed by atoms with E-state index in [1.54, 1.807) is 36.4 Å². The van der Waals surface area contributed by atoms with Crippen molar-refractivity contribution in [3.8, 4) is 0 Å². The fourth-order valence-electron chi connectivity index (χ4n) is 9.00. The molecular formula is C65H61N3O25. The average Bonchev–Trinajstić information content (AvgIpc) is 1.70. The highest BCUT2D eigenvalue weighted by molar-refractivity contribution is 6.30. The van der Waals surface area contributed by atoms with Crippen LogP contribution in [0.5, 0.6) is 0 Å². The third kappa shape index (κ3) is 17.4. The van der Waals surface area contributed by atoms with Crippen molar-refractivity contribution >= 4 is 87.9 Å². The smallest absolute Gasteiger partial charge is 0.325 e. The number of hydrogen-bond acceptors (Lipinski definition) is 28. The molecule has 0 saturated heterocycles. The van der Waals surface area contributed by atoms with Gasteiger partial charge in [0, 0.05) is 46.2 Å². The predicted octanol–water partition coefficient (Wildman–Crippen LogP) is 3.96. The van der Waals surface area contributed by atoms with Gasteiger partial charge in [0.1, 0.15) is 50.6 Å². The van der Waals surface area contributed by atoms with E-state index in [-0.39, 0.29) is 143 Å². The number of aliphatic hydroxyl groups is 1. The molecular weight excluding hydrogens is 1220 g/mol. The van der Waals surface area contributed by atoms with Gasteiger partial charge in [0.2, 0.25) is 34.7 Å². The SMILES string of the molecule is CC(C)C[C@H](N)C(=O)OCCOC(=O)CC(=O)c1cc2c(o1)C(=O)c1ccccc1C2=O.C[C@H](N)C(=O)OCCCOC(=O)CC(=O)c1cc2c(o1)C(=O)c1ccccc1C2=O.N[C@@H](CO)C(=O)OCCCOC(=O)CC(=O)c1cc2c(o1)C(=O)c1ccccc1C2=O. The summed E-state index contributed by atoms with van der Waals surface area (Å²) in [6.07, 6.45) is -1.06. The number of ether oxygens (including phenoxy) is 6. The van der Waals surface area contributed by atoms with Gasteiger partial charge in [-0.25, -0.2) is 0 Å². The Morgan fingerprint density at radius 2 is 0.667 bits per heavy atom. The Kier molecular flexibility index (Phi) is 23.8. The van der Waals surface area contributed by atoms with Crippen LogP contribution in [0, 0.1) is 5.92 Å². The Morgan fingerprint density at radius 3 is 0.989 bits per heavy atom. The Hall–Kier alpha value is -10.8. The van der Waals surface area contributed by atoms with Crippen molar-refractivity contribution in [2.75, 3.05) is 46.2 Å². The molecule has 9 rings (SSSR count). The second kappa shape index (κ2) is 31.8. The fraction of sp³-hybridized carbons (Fsp3) is 0.308. The molecule has 0 bridgehead atoms. The second-order valence-corrected chi connectivity index (χ2v) is 21.2. The summed E-state index contributed by atoms with van der Waals surface area (Å²) >= 11 is 0. The minimum absolute atomic E-state index is 0.00800. The zero-order chi connectivity index (χ0) is 67.8. The monoisotopic (exact) mass is 1280 g/mol. The summed E-state index contributed by atoms with van der Waals surface area (Å²) in [4.78, 5) is 182. The van der Waals surface area contributed by atoms with Crippen molar-refractivity contribution in [2.24, 2.45) is 23.1 Å². The maximum atomic E-state index is 12.6. The summed E-state index contributed by atoms with van der Waals surface area (Å²) in [5.74, 6) is -10.8. The first-order valence-electron chi connectivity index (χ1n) is 28.7. The quantitative estimate of drug-likeness (QED) is 0.0196. The summed E-state index contributed by atoms with van der Waals surface area (Å²) < 4.78 is 45.1. The maximum Gasteiger partial charge on any atom is 0.325 e. The van der Waals surface area contributed by atoms with Crippen LogP contribution in [-0.2, 0) is 57.2 Å². The standard InChI is InChI=1S/C23H23NO8.C21H19NO9.C21H19NO8/c1-12(2)9-16(24)23(29)31-8-7-30-19(26)11-17(25)18-10-15-20(27)13-5-3-4-6-14(13)21(28)22(15)32-18;22-14(10-23)21(28)30-7-3-6-29-17(25)9-15(24)16-8-13-18(26)11-4-1-2-5-12(11)19(27)20(13)31-16;1-11(22)21(27)29-8-4-7-28-17(24)10-15(23)16-9-14-18(25)12-5-2-3-6-13(12)19(26)20(14)30-16/h3-6,10,12,16H,7-9,11,24H2,1-2H3;1-2,4-5,8,14,23H,3,6-7,9-10,22H2;2-3,5-6,9,11H,4,7-8,10,22H2,1H3/t16-;14-;11-/m000/s1. The van der Waals surface area contributed by atoms with E-state index in [2.05, 4.69) is 0 Å². The van der Waals surface area contributed by atoms with Crippen molar-refractivity contribution in [3.63, 3.8) is 0 Å². The zero-order valence-corrected chi connectivity index (χ0v) is 50.1. The first-order valence-corrected chi connectivity index (χ1v) is 28.7. The summed E-state index contributed by atoms with van der Waals surface area (Å²) in [6, 6.07) is 19.7. The van der Waals surface area contributed by atoms with Crippen molar-refractivity contribution < 1.29 is 119 Å². The summed E-state index contributed by atoms with van der Waals surface area (Å²) in [6.45, 7) is 4.12. The molecule has 0 amide bonds. The lowest BCUT2D eigenvalue weighted by Gasteiger charge is -2.13. The Morgan fingerprint density at radius 1 is 0.387 bits per heavy atom. The van der Waals surface area contributed by atoms with Crippen LogP contribution in [0.3, 0.4) is 0 Å². The van der Waals surface area contributed by atoms with Crippen molar-refractivity contribution in [3.05, 3.63) is 176 Å². The van der Waals surface area contributed by atoms with E-state index in [1.807, 2.05) is 13.8 Å². The molecule has 3 aromatic heterocycles. The van der Waals surface area contributed by atoms with Crippen LogP contribution in [0.25, 0.3) is 0 Å².